The second-order valence-electron chi connectivity index (χ2n) is 7.19. The predicted octanol–water partition coefficient (Wildman–Crippen LogP) is 0.691. The molecule has 1 saturated heterocycles. The Labute approximate surface area is 174 Å². The Morgan fingerprint density at radius 2 is 2.07 bits per heavy atom. The minimum Gasteiger partial charge on any atom is -0.350 e. The van der Waals surface area contributed by atoms with Crippen molar-refractivity contribution in [2.24, 2.45) is 7.05 Å². The van der Waals surface area contributed by atoms with E-state index in [-0.39, 0.29) is 31.5 Å². The molecule has 0 spiro atoms. The maximum absolute atomic E-state index is 12.5. The van der Waals surface area contributed by atoms with Gasteiger partial charge >= 0.3 is 5.69 Å². The van der Waals surface area contributed by atoms with Crippen LogP contribution in [0.4, 0.5) is 0 Å². The standard InChI is InChI=1S/C18H24ClN5O4S/c1-22-17(14-7-5-9-23(11-14)29(2,27)28)21-24(18(22)26)12-16(25)20-10-13-6-3-4-8-15(13)19/h3-4,6,8,14H,5,7,9-12H2,1-2H3,(H,20,25)/t14-/m1/s1. The van der Waals surface area contributed by atoms with Crippen molar-refractivity contribution in [1.29, 1.82) is 0 Å². The van der Waals surface area contributed by atoms with Crippen LogP contribution in [0.25, 0.3) is 0 Å². The smallest absolute Gasteiger partial charge is 0.346 e. The van der Waals surface area contributed by atoms with Gasteiger partial charge in [0.05, 0.1) is 6.26 Å². The highest BCUT2D eigenvalue weighted by atomic mass is 35.5. The normalized spacial score (nSPS) is 18.0. The minimum absolute atomic E-state index is 0.191. The van der Waals surface area contributed by atoms with Crippen LogP contribution in [-0.2, 0) is 35.0 Å². The molecule has 0 saturated carbocycles. The molecular formula is C18H24ClN5O4S. The van der Waals surface area contributed by atoms with Gasteiger partial charge in [0.25, 0.3) is 0 Å². The number of benzene rings is 1. The summed E-state index contributed by atoms with van der Waals surface area (Å²) in [4.78, 5) is 24.8. The number of sulfonamides is 1. The molecule has 9 nitrogen and oxygen atoms in total. The van der Waals surface area contributed by atoms with Gasteiger partial charge in [-0.2, -0.15) is 5.10 Å². The molecule has 3 rings (SSSR count). The average molecular weight is 442 g/mol. The van der Waals surface area contributed by atoms with Crippen LogP contribution in [-0.4, -0.2) is 52.3 Å². The first kappa shape index (κ1) is 21.5. The maximum atomic E-state index is 12.5. The average Bonchev–Trinajstić information content (AvgIpc) is 2.95. The lowest BCUT2D eigenvalue weighted by molar-refractivity contribution is -0.122. The van der Waals surface area contributed by atoms with Crippen LogP contribution >= 0.6 is 11.6 Å². The molecule has 1 N–H and O–H groups in total. The van der Waals surface area contributed by atoms with Crippen molar-refractivity contribution in [2.75, 3.05) is 19.3 Å². The Kier molecular flexibility index (Phi) is 6.45. The lowest BCUT2D eigenvalue weighted by Gasteiger charge is -2.30. The lowest BCUT2D eigenvalue weighted by Crippen LogP contribution is -2.39. The van der Waals surface area contributed by atoms with Crippen molar-refractivity contribution in [3.05, 3.63) is 51.2 Å². The molecule has 1 amide bonds. The molecule has 0 bridgehead atoms. The first-order chi connectivity index (χ1) is 13.7. The van der Waals surface area contributed by atoms with Crippen LogP contribution < -0.4 is 11.0 Å². The number of hydrogen-bond donors (Lipinski definition) is 1. The fourth-order valence-electron chi connectivity index (χ4n) is 3.45. The summed E-state index contributed by atoms with van der Waals surface area (Å²) < 4.78 is 27.6. The molecule has 2 aromatic rings. The third-order valence-corrected chi connectivity index (χ3v) is 6.66. The molecule has 0 radical (unpaired) electrons. The Balaban J connectivity index is 1.69. The molecular weight excluding hydrogens is 418 g/mol. The summed E-state index contributed by atoms with van der Waals surface area (Å²) in [6.07, 6.45) is 2.60. The first-order valence-corrected chi connectivity index (χ1v) is 11.5. The van der Waals surface area contributed by atoms with E-state index in [0.29, 0.717) is 23.8 Å². The van der Waals surface area contributed by atoms with E-state index in [2.05, 4.69) is 10.4 Å². The van der Waals surface area contributed by atoms with Crippen molar-refractivity contribution in [3.63, 3.8) is 0 Å². The first-order valence-electron chi connectivity index (χ1n) is 9.25. The molecule has 1 aliphatic rings. The van der Waals surface area contributed by atoms with E-state index in [4.69, 9.17) is 11.6 Å². The third kappa shape index (κ3) is 5.06. The number of piperidine rings is 1. The summed E-state index contributed by atoms with van der Waals surface area (Å²) in [5, 5.41) is 7.61. The van der Waals surface area contributed by atoms with E-state index in [1.54, 1.807) is 19.2 Å². The monoisotopic (exact) mass is 441 g/mol. The zero-order chi connectivity index (χ0) is 21.2. The summed E-state index contributed by atoms with van der Waals surface area (Å²) in [7, 11) is -1.72. The molecule has 1 aromatic carbocycles. The number of carbonyl (C=O) groups is 1. The van der Waals surface area contributed by atoms with Crippen molar-refractivity contribution in [2.45, 2.75) is 31.8 Å². The highest BCUT2D eigenvalue weighted by molar-refractivity contribution is 7.88. The summed E-state index contributed by atoms with van der Waals surface area (Å²) in [5.74, 6) is -0.0658. The van der Waals surface area contributed by atoms with Crippen molar-refractivity contribution < 1.29 is 13.2 Å². The summed E-state index contributed by atoms with van der Waals surface area (Å²) in [6, 6.07) is 7.18. The lowest BCUT2D eigenvalue weighted by atomic mass is 9.99. The van der Waals surface area contributed by atoms with E-state index >= 15 is 0 Å². The van der Waals surface area contributed by atoms with Crippen molar-refractivity contribution >= 4 is 27.5 Å². The Hall–Kier alpha value is -2.17. The SMILES string of the molecule is Cn1c([C@@H]2CCCN(S(C)(=O)=O)C2)nn(CC(=O)NCc2ccccc2Cl)c1=O. The van der Waals surface area contributed by atoms with Crippen LogP contribution in [0.5, 0.6) is 0 Å². The van der Waals surface area contributed by atoms with Gasteiger partial charge in [-0.15, -0.1) is 0 Å². The number of rotatable bonds is 6. The van der Waals surface area contributed by atoms with Crippen LogP contribution in [0.1, 0.15) is 30.1 Å². The Bertz CT molecular complexity index is 1060. The second kappa shape index (κ2) is 8.68. The van der Waals surface area contributed by atoms with Crippen LogP contribution in [0.3, 0.4) is 0 Å². The van der Waals surface area contributed by atoms with E-state index in [0.717, 1.165) is 16.7 Å². The quantitative estimate of drug-likeness (QED) is 0.709. The van der Waals surface area contributed by atoms with Crippen molar-refractivity contribution in [1.82, 2.24) is 24.0 Å². The zero-order valence-corrected chi connectivity index (χ0v) is 17.9. The van der Waals surface area contributed by atoms with Gasteiger partial charge in [0.2, 0.25) is 15.9 Å². The van der Waals surface area contributed by atoms with E-state index in [1.807, 2.05) is 12.1 Å². The largest absolute Gasteiger partial charge is 0.350 e. The molecule has 2 heterocycles. The number of halogens is 1. The predicted molar refractivity (Wildman–Crippen MR) is 109 cm³/mol. The second-order valence-corrected chi connectivity index (χ2v) is 9.58. The highest BCUT2D eigenvalue weighted by Gasteiger charge is 2.30. The van der Waals surface area contributed by atoms with Crippen molar-refractivity contribution in [3.8, 4) is 0 Å². The van der Waals surface area contributed by atoms with Gasteiger partial charge < -0.3 is 5.32 Å². The topological polar surface area (TPSA) is 106 Å². The van der Waals surface area contributed by atoms with E-state index < -0.39 is 15.7 Å². The van der Waals surface area contributed by atoms with Crippen LogP contribution in [0, 0.1) is 0 Å². The Morgan fingerprint density at radius 3 is 2.76 bits per heavy atom. The van der Waals surface area contributed by atoms with E-state index in [9.17, 15) is 18.0 Å². The van der Waals surface area contributed by atoms with E-state index in [1.165, 1.54) is 15.1 Å². The molecule has 29 heavy (non-hydrogen) atoms. The molecule has 0 aliphatic carbocycles. The summed E-state index contributed by atoms with van der Waals surface area (Å²) >= 11 is 6.08. The van der Waals surface area contributed by atoms with Gasteiger partial charge in [0.15, 0.2) is 0 Å². The number of nitrogens with one attached hydrogen (secondary N) is 1. The van der Waals surface area contributed by atoms with Crippen LogP contribution in [0.15, 0.2) is 29.1 Å². The third-order valence-electron chi connectivity index (χ3n) is 5.02. The van der Waals surface area contributed by atoms with Gasteiger partial charge in [-0.1, -0.05) is 29.8 Å². The summed E-state index contributed by atoms with van der Waals surface area (Å²) in [5.41, 5.74) is 0.365. The number of aromatic nitrogens is 3. The molecule has 1 aromatic heterocycles. The molecule has 0 unspecified atom stereocenters. The minimum atomic E-state index is -3.30. The fourth-order valence-corrected chi connectivity index (χ4v) is 4.56. The zero-order valence-electron chi connectivity index (χ0n) is 16.3. The van der Waals surface area contributed by atoms with Gasteiger partial charge in [0, 0.05) is 37.6 Å². The van der Waals surface area contributed by atoms with Gasteiger partial charge in [-0.25, -0.2) is 22.2 Å². The molecule has 1 fully saturated rings. The molecule has 1 aliphatic heterocycles. The molecule has 11 heteroatoms. The van der Waals surface area contributed by atoms with Gasteiger partial charge in [0.1, 0.15) is 12.4 Å². The highest BCUT2D eigenvalue weighted by Crippen LogP contribution is 2.26. The summed E-state index contributed by atoms with van der Waals surface area (Å²) in [6.45, 7) is 0.773. The molecule has 158 valence electrons. The van der Waals surface area contributed by atoms with Gasteiger partial charge in [-0.05, 0) is 24.5 Å². The van der Waals surface area contributed by atoms with Gasteiger partial charge in [-0.3, -0.25) is 9.36 Å². The molecule has 1 atom stereocenters. The number of hydrogen-bond acceptors (Lipinski definition) is 5. The maximum Gasteiger partial charge on any atom is 0.346 e. The number of amides is 1. The number of carbonyl (C=O) groups excluding carboxylic acids is 1. The number of nitrogens with zero attached hydrogens (tertiary/aromatic N) is 4. The van der Waals surface area contributed by atoms with Crippen LogP contribution in [0.2, 0.25) is 5.02 Å². The fraction of sp³-hybridized carbons (Fsp3) is 0.500. The Morgan fingerprint density at radius 1 is 1.34 bits per heavy atom.